The number of aliphatic carboxylic acids is 1. The van der Waals surface area contributed by atoms with E-state index in [0.29, 0.717) is 6.42 Å². The summed E-state index contributed by atoms with van der Waals surface area (Å²) in [5, 5.41) is 20.8. The minimum Gasteiger partial charge on any atom is -0.474 e. The molecule has 1 amide bonds. The number of aliphatic hydroxyl groups excluding tert-OH is 1. The van der Waals surface area contributed by atoms with E-state index in [-0.39, 0.29) is 13.0 Å². The molecule has 0 aliphatic carbocycles. The number of carbonyl (C=O) groups is 3. The molecule has 3 N–H and O–H groups in total. The first-order valence-corrected chi connectivity index (χ1v) is 9.40. The lowest BCUT2D eigenvalue weighted by molar-refractivity contribution is -0.151. The Morgan fingerprint density at radius 3 is 2.17 bits per heavy atom. The molecule has 0 spiro atoms. The molecule has 2 aromatic carbocycles. The molecule has 0 saturated heterocycles. The molecule has 7 nitrogen and oxygen atoms in total. The monoisotopic (exact) mass is 399 g/mol. The average Bonchev–Trinajstić information content (AvgIpc) is 2.73. The third-order valence-corrected chi connectivity index (χ3v) is 4.48. The van der Waals surface area contributed by atoms with E-state index < -0.39 is 36.4 Å². The molecule has 154 valence electrons. The van der Waals surface area contributed by atoms with Crippen molar-refractivity contribution in [3.05, 3.63) is 60.2 Å². The first-order chi connectivity index (χ1) is 13.9. The SMILES string of the molecule is CCOC(=O)[C@H](CO)C[C@@H](Cc1ccc(-c2ccccc2)cc1)NC(=O)C(=O)O. The maximum Gasteiger partial charge on any atom is 0.394 e. The molecule has 2 atom stereocenters. The summed E-state index contributed by atoms with van der Waals surface area (Å²) in [6.07, 6.45) is 0.374. The van der Waals surface area contributed by atoms with Crippen LogP contribution in [0.2, 0.25) is 0 Å². The summed E-state index contributed by atoms with van der Waals surface area (Å²) in [5.41, 5.74) is 2.96. The van der Waals surface area contributed by atoms with Crippen molar-refractivity contribution in [2.24, 2.45) is 5.92 Å². The van der Waals surface area contributed by atoms with Crippen molar-refractivity contribution < 1.29 is 29.3 Å². The Morgan fingerprint density at radius 2 is 1.62 bits per heavy atom. The molecule has 0 aliphatic heterocycles. The van der Waals surface area contributed by atoms with Crippen LogP contribution in [-0.2, 0) is 25.5 Å². The van der Waals surface area contributed by atoms with Gasteiger partial charge in [-0.25, -0.2) is 4.79 Å². The summed E-state index contributed by atoms with van der Waals surface area (Å²) >= 11 is 0. The van der Waals surface area contributed by atoms with Gasteiger partial charge in [-0.3, -0.25) is 9.59 Å². The van der Waals surface area contributed by atoms with Gasteiger partial charge in [0.2, 0.25) is 0 Å². The second-order valence-corrected chi connectivity index (χ2v) is 6.61. The van der Waals surface area contributed by atoms with E-state index in [1.165, 1.54) is 0 Å². The van der Waals surface area contributed by atoms with Crippen molar-refractivity contribution in [2.45, 2.75) is 25.8 Å². The van der Waals surface area contributed by atoms with Gasteiger partial charge in [-0.15, -0.1) is 0 Å². The minimum absolute atomic E-state index is 0.0643. The van der Waals surface area contributed by atoms with Gasteiger partial charge >= 0.3 is 17.8 Å². The second kappa shape index (κ2) is 11.0. The molecule has 0 radical (unpaired) electrons. The van der Waals surface area contributed by atoms with Crippen molar-refractivity contribution in [3.63, 3.8) is 0 Å². The highest BCUT2D eigenvalue weighted by molar-refractivity contribution is 6.31. The number of hydrogen-bond donors (Lipinski definition) is 3. The first-order valence-electron chi connectivity index (χ1n) is 9.40. The Kier molecular flexibility index (Phi) is 8.36. The normalized spacial score (nSPS) is 12.6. The second-order valence-electron chi connectivity index (χ2n) is 6.61. The Hall–Kier alpha value is -3.19. The van der Waals surface area contributed by atoms with Crippen LogP contribution in [0.5, 0.6) is 0 Å². The molecule has 2 rings (SSSR count). The zero-order chi connectivity index (χ0) is 21.2. The summed E-state index contributed by atoms with van der Waals surface area (Å²) in [4.78, 5) is 34.6. The van der Waals surface area contributed by atoms with Gasteiger partial charge < -0.3 is 20.3 Å². The molecular weight excluding hydrogens is 374 g/mol. The fraction of sp³-hybridized carbons (Fsp3) is 0.318. The third-order valence-electron chi connectivity index (χ3n) is 4.48. The fourth-order valence-electron chi connectivity index (χ4n) is 3.04. The van der Waals surface area contributed by atoms with Crippen LogP contribution in [0, 0.1) is 5.92 Å². The summed E-state index contributed by atoms with van der Waals surface area (Å²) in [6, 6.07) is 16.8. The van der Waals surface area contributed by atoms with Crippen molar-refractivity contribution in [1.82, 2.24) is 5.32 Å². The highest BCUT2D eigenvalue weighted by Gasteiger charge is 2.26. The molecule has 0 aliphatic rings. The maximum absolute atomic E-state index is 12.0. The molecule has 7 heteroatoms. The Labute approximate surface area is 169 Å². The van der Waals surface area contributed by atoms with Crippen LogP contribution < -0.4 is 5.32 Å². The van der Waals surface area contributed by atoms with Gasteiger partial charge in [0.25, 0.3) is 0 Å². The smallest absolute Gasteiger partial charge is 0.394 e. The summed E-state index contributed by atoms with van der Waals surface area (Å²) < 4.78 is 4.94. The van der Waals surface area contributed by atoms with Crippen molar-refractivity contribution in [2.75, 3.05) is 13.2 Å². The highest BCUT2D eigenvalue weighted by atomic mass is 16.5. The molecule has 0 bridgehead atoms. The summed E-state index contributed by atoms with van der Waals surface area (Å²) in [7, 11) is 0. The van der Waals surface area contributed by atoms with Gasteiger partial charge in [-0.1, -0.05) is 54.6 Å². The largest absolute Gasteiger partial charge is 0.474 e. The third kappa shape index (κ3) is 6.73. The predicted octanol–water partition coefficient (Wildman–Crippen LogP) is 2.03. The maximum atomic E-state index is 12.0. The van der Waals surface area contributed by atoms with Gasteiger partial charge in [0.15, 0.2) is 0 Å². The van der Waals surface area contributed by atoms with Crippen LogP contribution in [0.3, 0.4) is 0 Å². The standard InChI is InChI=1S/C22H25NO6/c1-2-29-22(28)18(14-24)13-19(23-20(25)21(26)27)12-15-8-10-17(11-9-15)16-6-4-3-5-7-16/h3-11,18-19,24H,2,12-14H2,1H3,(H,23,25)(H,26,27)/t18-,19+/m0/s1. The topological polar surface area (TPSA) is 113 Å². The van der Waals surface area contributed by atoms with Crippen molar-refractivity contribution in [1.29, 1.82) is 0 Å². The van der Waals surface area contributed by atoms with Crippen LogP contribution in [0.15, 0.2) is 54.6 Å². The van der Waals surface area contributed by atoms with E-state index in [9.17, 15) is 19.5 Å². The van der Waals surface area contributed by atoms with Gasteiger partial charge in [-0.2, -0.15) is 0 Å². The van der Waals surface area contributed by atoms with E-state index in [2.05, 4.69) is 5.32 Å². The van der Waals surface area contributed by atoms with Crippen molar-refractivity contribution >= 4 is 17.8 Å². The van der Waals surface area contributed by atoms with E-state index in [4.69, 9.17) is 9.84 Å². The molecular formula is C22H25NO6. The van der Waals surface area contributed by atoms with Gasteiger partial charge in [0, 0.05) is 6.04 Å². The minimum atomic E-state index is -1.61. The molecule has 0 unspecified atom stereocenters. The zero-order valence-corrected chi connectivity index (χ0v) is 16.2. The summed E-state index contributed by atoms with van der Waals surface area (Å²) in [5.74, 6) is -4.19. The zero-order valence-electron chi connectivity index (χ0n) is 16.2. The Balaban J connectivity index is 2.14. The number of ether oxygens (including phenoxy) is 1. The van der Waals surface area contributed by atoms with Crippen LogP contribution in [0.1, 0.15) is 18.9 Å². The molecule has 0 aromatic heterocycles. The number of aliphatic hydroxyl groups is 1. The molecule has 2 aromatic rings. The molecule has 0 heterocycles. The number of esters is 1. The predicted molar refractivity (Wildman–Crippen MR) is 107 cm³/mol. The van der Waals surface area contributed by atoms with Gasteiger partial charge in [0.1, 0.15) is 0 Å². The van der Waals surface area contributed by atoms with Crippen LogP contribution in [0.25, 0.3) is 11.1 Å². The van der Waals surface area contributed by atoms with Crippen LogP contribution >= 0.6 is 0 Å². The van der Waals surface area contributed by atoms with E-state index in [1.807, 2.05) is 54.6 Å². The average molecular weight is 399 g/mol. The lowest BCUT2D eigenvalue weighted by Crippen LogP contribution is -2.43. The number of amides is 1. The highest BCUT2D eigenvalue weighted by Crippen LogP contribution is 2.21. The van der Waals surface area contributed by atoms with Crippen LogP contribution in [-0.4, -0.2) is 47.3 Å². The lowest BCUT2D eigenvalue weighted by atomic mass is 9.94. The van der Waals surface area contributed by atoms with Gasteiger partial charge in [-0.05, 0) is 36.5 Å². The quantitative estimate of drug-likeness (QED) is 0.439. The Bertz CT molecular complexity index is 819. The number of nitrogens with one attached hydrogen (secondary N) is 1. The summed E-state index contributed by atoms with van der Waals surface area (Å²) in [6.45, 7) is 1.37. The van der Waals surface area contributed by atoms with Crippen molar-refractivity contribution in [3.8, 4) is 11.1 Å². The lowest BCUT2D eigenvalue weighted by Gasteiger charge is -2.22. The van der Waals surface area contributed by atoms with E-state index in [0.717, 1.165) is 16.7 Å². The van der Waals surface area contributed by atoms with Gasteiger partial charge in [0.05, 0.1) is 19.1 Å². The molecule has 29 heavy (non-hydrogen) atoms. The number of carboxylic acids is 1. The fourth-order valence-corrected chi connectivity index (χ4v) is 3.04. The van der Waals surface area contributed by atoms with Crippen LogP contribution in [0.4, 0.5) is 0 Å². The first kappa shape index (κ1) is 22.1. The van der Waals surface area contributed by atoms with E-state index >= 15 is 0 Å². The Morgan fingerprint density at radius 1 is 1.00 bits per heavy atom. The number of rotatable bonds is 9. The number of carbonyl (C=O) groups excluding carboxylic acids is 2. The number of carboxylic acid groups (broad SMARTS) is 1. The molecule has 0 saturated carbocycles. The van der Waals surface area contributed by atoms with E-state index in [1.54, 1.807) is 6.92 Å². The number of benzene rings is 2. The molecule has 0 fully saturated rings. The number of hydrogen-bond acceptors (Lipinski definition) is 5.